The smallest absolute Gasteiger partial charge is 0.341 e. The van der Waals surface area contributed by atoms with E-state index in [2.05, 4.69) is 17.6 Å². The number of aliphatic carboxylic acids is 1. The van der Waals surface area contributed by atoms with E-state index in [0.717, 1.165) is 5.69 Å². The van der Waals surface area contributed by atoms with Crippen LogP contribution in [0.15, 0.2) is 23.2 Å². The van der Waals surface area contributed by atoms with Crippen molar-refractivity contribution in [2.75, 3.05) is 0 Å². The van der Waals surface area contributed by atoms with Gasteiger partial charge < -0.3 is 10.1 Å². The van der Waals surface area contributed by atoms with E-state index in [-0.39, 0.29) is 4.91 Å². The summed E-state index contributed by atoms with van der Waals surface area (Å²) in [6, 6.07) is 3.55. The Balaban J connectivity index is 2.82. The van der Waals surface area contributed by atoms with Crippen molar-refractivity contribution in [3.63, 3.8) is 0 Å². The number of carboxylic acid groups (broad SMARTS) is 1. The molecule has 2 N–H and O–H groups in total. The van der Waals surface area contributed by atoms with E-state index in [4.69, 9.17) is 5.11 Å². The minimum atomic E-state index is -1.03. The van der Waals surface area contributed by atoms with Gasteiger partial charge in [0.1, 0.15) is 0 Å². The monoisotopic (exact) mass is 169 g/mol. The number of rotatable bonds is 2. The fourth-order valence-electron chi connectivity index (χ4n) is 0.643. The lowest BCUT2D eigenvalue weighted by Crippen LogP contribution is -1.92. The molecule has 0 atom stereocenters. The molecule has 11 heavy (non-hydrogen) atoms. The second kappa shape index (κ2) is 3.30. The largest absolute Gasteiger partial charge is 0.477 e. The maximum absolute atomic E-state index is 10.3. The highest BCUT2D eigenvalue weighted by Crippen LogP contribution is 2.07. The van der Waals surface area contributed by atoms with Crippen molar-refractivity contribution in [2.24, 2.45) is 0 Å². The molecule has 3 nitrogen and oxygen atoms in total. The van der Waals surface area contributed by atoms with Crippen LogP contribution in [0.25, 0.3) is 6.08 Å². The molecule has 0 unspecified atom stereocenters. The average molecular weight is 169 g/mol. The standard InChI is InChI=1S/C7H7NO2S/c9-7(10)6(11)4-5-2-1-3-8-5/h1-4,8,11H,(H,9,10)/b6-4-. The lowest BCUT2D eigenvalue weighted by molar-refractivity contribution is -0.131. The van der Waals surface area contributed by atoms with E-state index >= 15 is 0 Å². The molecular weight excluding hydrogens is 162 g/mol. The Morgan fingerprint density at radius 1 is 1.73 bits per heavy atom. The lowest BCUT2D eigenvalue weighted by Gasteiger charge is -1.89. The third kappa shape index (κ3) is 2.16. The summed E-state index contributed by atoms with van der Waals surface area (Å²) < 4.78 is 0. The third-order valence-corrected chi connectivity index (χ3v) is 1.45. The van der Waals surface area contributed by atoms with E-state index in [1.54, 1.807) is 18.3 Å². The van der Waals surface area contributed by atoms with Crippen molar-refractivity contribution in [3.8, 4) is 0 Å². The van der Waals surface area contributed by atoms with Gasteiger partial charge in [-0.05, 0) is 18.2 Å². The Bertz CT molecular complexity index is 277. The number of nitrogens with one attached hydrogen (secondary N) is 1. The molecule has 0 aromatic carbocycles. The van der Waals surface area contributed by atoms with Crippen molar-refractivity contribution in [2.45, 2.75) is 0 Å². The molecule has 1 rings (SSSR count). The van der Waals surface area contributed by atoms with E-state index in [0.29, 0.717) is 0 Å². The van der Waals surface area contributed by atoms with E-state index in [1.807, 2.05) is 0 Å². The molecule has 0 aliphatic rings. The number of hydrogen-bond donors (Lipinski definition) is 3. The van der Waals surface area contributed by atoms with Gasteiger partial charge in [0, 0.05) is 11.9 Å². The zero-order valence-electron chi connectivity index (χ0n) is 5.61. The van der Waals surface area contributed by atoms with Crippen molar-refractivity contribution in [1.29, 1.82) is 0 Å². The minimum Gasteiger partial charge on any atom is -0.477 e. The van der Waals surface area contributed by atoms with Crippen LogP contribution in [-0.2, 0) is 4.79 Å². The quantitative estimate of drug-likeness (QED) is 0.462. The fourth-order valence-corrected chi connectivity index (χ4v) is 0.782. The predicted octanol–water partition coefficient (Wildman–Crippen LogP) is 1.37. The zero-order chi connectivity index (χ0) is 8.27. The molecule has 0 spiro atoms. The van der Waals surface area contributed by atoms with Crippen LogP contribution in [0, 0.1) is 0 Å². The summed E-state index contributed by atoms with van der Waals surface area (Å²) in [5.41, 5.74) is 0.734. The minimum absolute atomic E-state index is 0.0208. The summed E-state index contributed by atoms with van der Waals surface area (Å²) >= 11 is 3.75. The topological polar surface area (TPSA) is 53.1 Å². The van der Waals surface area contributed by atoms with E-state index in [9.17, 15) is 4.79 Å². The number of thiol groups is 1. The normalized spacial score (nSPS) is 11.5. The SMILES string of the molecule is O=C(O)/C(S)=C/c1ccc[nH]1. The van der Waals surface area contributed by atoms with Gasteiger partial charge in [0.15, 0.2) is 0 Å². The molecule has 4 heteroatoms. The number of hydrogen-bond acceptors (Lipinski definition) is 2. The number of aromatic amines is 1. The molecule has 0 aliphatic heterocycles. The first-order valence-corrected chi connectivity index (χ1v) is 3.42. The molecule has 0 aliphatic carbocycles. The summed E-state index contributed by atoms with van der Waals surface area (Å²) in [5.74, 6) is -1.03. The molecule has 0 amide bonds. The third-order valence-electron chi connectivity index (χ3n) is 1.13. The molecule has 0 saturated carbocycles. The average Bonchev–Trinajstić information content (AvgIpc) is 2.39. The van der Waals surface area contributed by atoms with Crippen molar-refractivity contribution >= 4 is 24.7 Å². The maximum Gasteiger partial charge on any atom is 0.341 e. The number of aromatic nitrogens is 1. The van der Waals surface area contributed by atoms with E-state index < -0.39 is 5.97 Å². The van der Waals surface area contributed by atoms with E-state index in [1.165, 1.54) is 6.08 Å². The van der Waals surface area contributed by atoms with Crippen LogP contribution in [0.3, 0.4) is 0 Å². The Morgan fingerprint density at radius 2 is 2.45 bits per heavy atom. The van der Waals surface area contributed by atoms with Gasteiger partial charge in [-0.3, -0.25) is 0 Å². The van der Waals surface area contributed by atoms with Gasteiger partial charge in [-0.15, -0.1) is 12.6 Å². The van der Waals surface area contributed by atoms with Gasteiger partial charge in [0.25, 0.3) is 0 Å². The Hall–Kier alpha value is -1.16. The summed E-state index contributed by atoms with van der Waals surface area (Å²) in [6.45, 7) is 0. The molecule has 0 radical (unpaired) electrons. The summed E-state index contributed by atoms with van der Waals surface area (Å²) in [7, 11) is 0. The van der Waals surface area contributed by atoms with Gasteiger partial charge in [-0.2, -0.15) is 0 Å². The highest BCUT2D eigenvalue weighted by molar-refractivity contribution is 7.85. The summed E-state index contributed by atoms with van der Waals surface area (Å²) in [6.07, 6.45) is 3.17. The van der Waals surface area contributed by atoms with Crippen LogP contribution in [0.4, 0.5) is 0 Å². The first-order valence-electron chi connectivity index (χ1n) is 2.97. The molecule has 1 aromatic rings. The highest BCUT2D eigenvalue weighted by Gasteiger charge is 1.99. The molecular formula is C7H7NO2S. The molecule has 1 aromatic heterocycles. The number of carbonyl (C=O) groups is 1. The molecule has 58 valence electrons. The summed E-state index contributed by atoms with van der Waals surface area (Å²) in [4.78, 5) is 13.1. The van der Waals surface area contributed by atoms with Crippen LogP contribution in [0.2, 0.25) is 0 Å². The molecule has 0 saturated heterocycles. The van der Waals surface area contributed by atoms with Crippen LogP contribution < -0.4 is 0 Å². The second-order valence-electron chi connectivity index (χ2n) is 1.96. The Kier molecular flexibility index (Phi) is 2.38. The van der Waals surface area contributed by atoms with Gasteiger partial charge in [0.2, 0.25) is 0 Å². The van der Waals surface area contributed by atoms with Crippen LogP contribution >= 0.6 is 12.6 Å². The number of H-pyrrole nitrogens is 1. The molecule has 1 heterocycles. The van der Waals surface area contributed by atoms with Crippen molar-refractivity contribution in [1.82, 2.24) is 4.98 Å². The van der Waals surface area contributed by atoms with Crippen LogP contribution in [0.1, 0.15) is 5.69 Å². The second-order valence-corrected chi connectivity index (χ2v) is 2.44. The van der Waals surface area contributed by atoms with Crippen molar-refractivity contribution < 1.29 is 9.90 Å². The Morgan fingerprint density at radius 3 is 2.91 bits per heavy atom. The van der Waals surface area contributed by atoms with Gasteiger partial charge in [-0.1, -0.05) is 0 Å². The van der Waals surface area contributed by atoms with Crippen molar-refractivity contribution in [3.05, 3.63) is 28.9 Å². The van der Waals surface area contributed by atoms with Gasteiger partial charge >= 0.3 is 5.97 Å². The number of carboxylic acids is 1. The molecule has 0 fully saturated rings. The van der Waals surface area contributed by atoms with Crippen LogP contribution in [-0.4, -0.2) is 16.1 Å². The van der Waals surface area contributed by atoms with Crippen LogP contribution in [0.5, 0.6) is 0 Å². The first kappa shape index (κ1) is 7.94. The lowest BCUT2D eigenvalue weighted by atomic mass is 10.4. The fraction of sp³-hybridized carbons (Fsp3) is 0. The molecule has 0 bridgehead atoms. The maximum atomic E-state index is 10.3. The Labute approximate surface area is 69.2 Å². The first-order chi connectivity index (χ1) is 5.20. The summed E-state index contributed by atoms with van der Waals surface area (Å²) in [5, 5.41) is 8.42. The zero-order valence-corrected chi connectivity index (χ0v) is 6.51. The predicted molar refractivity (Wildman–Crippen MR) is 45.4 cm³/mol. The van der Waals surface area contributed by atoms with Gasteiger partial charge in [-0.25, -0.2) is 4.79 Å². The van der Waals surface area contributed by atoms with Gasteiger partial charge in [0.05, 0.1) is 4.91 Å². The highest BCUT2D eigenvalue weighted by atomic mass is 32.1.